The molecule has 2 N–H and O–H groups in total. The first-order valence-electron chi connectivity index (χ1n) is 23.7. The number of nitrogens with zero attached hydrogens (tertiary/aromatic N) is 1. The van der Waals surface area contributed by atoms with Gasteiger partial charge in [-0.2, -0.15) is 0 Å². The van der Waals surface area contributed by atoms with Crippen LogP contribution in [-0.2, 0) is 18.4 Å². The predicted octanol–water partition coefficient (Wildman–Crippen LogP) is 13.1. The lowest BCUT2D eigenvalue weighted by molar-refractivity contribution is -0.870. The van der Waals surface area contributed by atoms with Crippen molar-refractivity contribution in [2.75, 3.05) is 40.9 Å². The van der Waals surface area contributed by atoms with Crippen LogP contribution in [0, 0.1) is 0 Å². The van der Waals surface area contributed by atoms with Crippen molar-refractivity contribution in [3.05, 3.63) is 109 Å². The third-order valence-corrected chi connectivity index (χ3v) is 10.7. The van der Waals surface area contributed by atoms with Crippen molar-refractivity contribution in [1.82, 2.24) is 5.32 Å². The molecule has 0 aliphatic heterocycles. The van der Waals surface area contributed by atoms with E-state index >= 15 is 0 Å². The molecule has 0 aromatic carbocycles. The number of carbonyl (C=O) groups is 1. The summed E-state index contributed by atoms with van der Waals surface area (Å²) in [6.45, 7) is 4.34. The molecule has 0 rings (SSSR count). The Bertz CT molecular complexity index is 1350. The first kappa shape index (κ1) is 58.2. The third-order valence-electron chi connectivity index (χ3n) is 9.71. The summed E-state index contributed by atoms with van der Waals surface area (Å²) >= 11 is 0. The summed E-state index contributed by atoms with van der Waals surface area (Å²) in [6.07, 6.45) is 61.6. The van der Waals surface area contributed by atoms with E-state index in [4.69, 9.17) is 9.05 Å². The van der Waals surface area contributed by atoms with Gasteiger partial charge in [0.05, 0.1) is 39.9 Å². The topological polar surface area (TPSA) is 108 Å². The van der Waals surface area contributed by atoms with Crippen molar-refractivity contribution >= 4 is 13.7 Å². The van der Waals surface area contributed by atoms with E-state index in [1.807, 2.05) is 27.2 Å². The number of aliphatic hydroxyl groups excluding tert-OH is 1. The minimum Gasteiger partial charge on any atom is -0.756 e. The molecule has 61 heavy (non-hydrogen) atoms. The normalized spacial score (nSPS) is 15.2. The van der Waals surface area contributed by atoms with Crippen LogP contribution in [0.5, 0.6) is 0 Å². The summed E-state index contributed by atoms with van der Waals surface area (Å²) in [6, 6.07) is -0.917. The molecule has 0 spiro atoms. The Kier molecular flexibility index (Phi) is 40.5. The zero-order valence-corrected chi connectivity index (χ0v) is 40.2. The minimum absolute atomic E-state index is 0.0160. The van der Waals surface area contributed by atoms with Gasteiger partial charge in [0.1, 0.15) is 13.2 Å². The number of nitrogens with one attached hydrogen (secondary N) is 1. The monoisotopic (exact) mass is 869 g/mol. The number of carbonyl (C=O) groups excluding carboxylic acids is 1. The van der Waals surface area contributed by atoms with E-state index < -0.39 is 26.6 Å². The van der Waals surface area contributed by atoms with Crippen molar-refractivity contribution in [2.24, 2.45) is 0 Å². The lowest BCUT2D eigenvalue weighted by Crippen LogP contribution is -2.45. The molecule has 1 amide bonds. The van der Waals surface area contributed by atoms with E-state index in [-0.39, 0.29) is 12.5 Å². The maximum Gasteiger partial charge on any atom is 0.268 e. The van der Waals surface area contributed by atoms with E-state index in [0.29, 0.717) is 17.4 Å². The highest BCUT2D eigenvalue weighted by Gasteiger charge is 2.23. The first-order valence-corrected chi connectivity index (χ1v) is 25.2. The van der Waals surface area contributed by atoms with Crippen LogP contribution < -0.4 is 10.2 Å². The molecular weight excluding hydrogens is 780 g/mol. The predicted molar refractivity (Wildman–Crippen MR) is 260 cm³/mol. The number of likely N-dealkylation sites (N-methyl/N-ethyl adjacent to an activating group) is 1. The number of unbranched alkanes of at least 4 members (excludes halogenated alkanes) is 12. The number of phosphoric ester groups is 1. The quantitative estimate of drug-likeness (QED) is 0.0274. The summed E-state index contributed by atoms with van der Waals surface area (Å²) in [5.74, 6) is -0.225. The van der Waals surface area contributed by atoms with Crippen molar-refractivity contribution in [3.63, 3.8) is 0 Å². The number of hydrogen-bond acceptors (Lipinski definition) is 6. The Labute approximate surface area is 374 Å². The second kappa shape index (κ2) is 42.5. The highest BCUT2D eigenvalue weighted by Crippen LogP contribution is 2.38. The van der Waals surface area contributed by atoms with Crippen LogP contribution in [0.3, 0.4) is 0 Å². The van der Waals surface area contributed by atoms with E-state index in [1.54, 1.807) is 6.08 Å². The zero-order valence-electron chi connectivity index (χ0n) is 39.3. The van der Waals surface area contributed by atoms with Gasteiger partial charge in [0, 0.05) is 6.42 Å². The molecular formula is C52H89N2O6P. The zero-order chi connectivity index (χ0) is 45.0. The molecule has 348 valence electrons. The fourth-order valence-electron chi connectivity index (χ4n) is 6.02. The largest absolute Gasteiger partial charge is 0.756 e. The molecule has 0 saturated carbocycles. The molecule has 0 saturated heterocycles. The third kappa shape index (κ3) is 45.0. The average molecular weight is 869 g/mol. The number of rotatable bonds is 41. The van der Waals surface area contributed by atoms with Crippen LogP contribution in [0.25, 0.3) is 0 Å². The summed E-state index contributed by atoms with van der Waals surface area (Å²) in [4.78, 5) is 25.3. The number of phosphoric acid groups is 1. The lowest BCUT2D eigenvalue weighted by atomic mass is 10.0. The molecule has 9 heteroatoms. The Morgan fingerprint density at radius 1 is 0.574 bits per heavy atom. The maximum atomic E-state index is 12.9. The van der Waals surface area contributed by atoms with E-state index in [2.05, 4.69) is 116 Å². The molecule has 0 heterocycles. The molecule has 0 fully saturated rings. The Hall–Kier alpha value is -2.84. The van der Waals surface area contributed by atoms with Gasteiger partial charge in [-0.05, 0) is 89.9 Å². The number of quaternary nitrogens is 1. The minimum atomic E-state index is -4.60. The van der Waals surface area contributed by atoms with Crippen LogP contribution >= 0.6 is 7.82 Å². The number of hydrogen-bond donors (Lipinski definition) is 2. The molecule has 3 atom stereocenters. The molecule has 0 radical (unpaired) electrons. The lowest BCUT2D eigenvalue weighted by Gasteiger charge is -2.29. The maximum absolute atomic E-state index is 12.9. The molecule has 0 bridgehead atoms. The Balaban J connectivity index is 4.21. The van der Waals surface area contributed by atoms with Crippen molar-refractivity contribution in [2.45, 2.75) is 174 Å². The van der Waals surface area contributed by atoms with Gasteiger partial charge in [0.2, 0.25) is 5.91 Å². The number of aliphatic hydroxyl groups is 1. The van der Waals surface area contributed by atoms with Gasteiger partial charge in [0.15, 0.2) is 0 Å². The second-order valence-electron chi connectivity index (χ2n) is 16.7. The Morgan fingerprint density at radius 2 is 0.967 bits per heavy atom. The van der Waals surface area contributed by atoms with E-state index in [9.17, 15) is 19.4 Å². The van der Waals surface area contributed by atoms with Crippen LogP contribution in [0.15, 0.2) is 109 Å². The van der Waals surface area contributed by atoms with Gasteiger partial charge in [-0.1, -0.05) is 175 Å². The van der Waals surface area contributed by atoms with Crippen LogP contribution in [0.2, 0.25) is 0 Å². The molecule has 0 aromatic rings. The van der Waals surface area contributed by atoms with Gasteiger partial charge in [0.25, 0.3) is 7.82 Å². The van der Waals surface area contributed by atoms with Crippen LogP contribution in [0.1, 0.15) is 162 Å². The van der Waals surface area contributed by atoms with E-state index in [1.165, 1.54) is 38.5 Å². The van der Waals surface area contributed by atoms with E-state index in [0.717, 1.165) is 103 Å². The summed E-state index contributed by atoms with van der Waals surface area (Å²) in [5, 5.41) is 13.7. The van der Waals surface area contributed by atoms with Gasteiger partial charge in [-0.15, -0.1) is 0 Å². The second-order valence-corrected chi connectivity index (χ2v) is 18.1. The molecule has 0 aromatic heterocycles. The SMILES string of the molecule is CC/C=C\C/C=C\C/C=C\C/C=C\C/C=C\C/C=C\CCCCCCCCCCCCC(=O)NC(COP(=O)([O-])OCC[N+](C)(C)C)C(O)/C=C/CC/C=C/CC/C=C/CC. The molecule has 0 aliphatic carbocycles. The number of allylic oxidation sites excluding steroid dienone is 17. The fraction of sp³-hybridized carbons (Fsp3) is 0.635. The summed E-state index contributed by atoms with van der Waals surface area (Å²) in [5.41, 5.74) is 0. The van der Waals surface area contributed by atoms with Crippen LogP contribution in [0.4, 0.5) is 0 Å². The standard InChI is InChI=1S/C52H89N2O6P/c1-6-8-10-12-14-16-18-19-20-21-22-23-24-25-26-27-28-29-30-31-32-33-34-35-36-38-40-42-44-46-52(56)53-50(49-60-61(57,58)59-48-47-54(3,4)5)51(55)45-43-41-39-37-17-15-13-11-9-7-2/h8-11,14,16-17,19-20,22-23,25-26,28-29,37,43,45,50-51,55H,6-7,12-13,15,18,21,24,27,30-36,38-42,44,46-49H2,1-5H3,(H-,53,56,57,58)/b10-8-,11-9+,16-14-,20-19-,23-22-,26-25-,29-28-,37-17+,45-43+. The summed E-state index contributed by atoms with van der Waals surface area (Å²) < 4.78 is 23.1. The van der Waals surface area contributed by atoms with Gasteiger partial charge in [-0.3, -0.25) is 9.36 Å². The highest BCUT2D eigenvalue weighted by molar-refractivity contribution is 7.45. The Morgan fingerprint density at radius 3 is 1.46 bits per heavy atom. The van der Waals surface area contributed by atoms with Gasteiger partial charge >= 0.3 is 0 Å². The smallest absolute Gasteiger partial charge is 0.268 e. The molecule has 0 aliphatic rings. The first-order chi connectivity index (χ1) is 29.5. The number of amides is 1. The van der Waals surface area contributed by atoms with Crippen molar-refractivity contribution in [1.29, 1.82) is 0 Å². The summed E-state index contributed by atoms with van der Waals surface area (Å²) in [7, 11) is 1.21. The molecule has 8 nitrogen and oxygen atoms in total. The molecule has 3 unspecified atom stereocenters. The average Bonchev–Trinajstić information content (AvgIpc) is 3.21. The van der Waals surface area contributed by atoms with Crippen molar-refractivity contribution in [3.8, 4) is 0 Å². The van der Waals surface area contributed by atoms with Crippen LogP contribution in [-0.4, -0.2) is 68.5 Å². The fourth-order valence-corrected chi connectivity index (χ4v) is 6.74. The van der Waals surface area contributed by atoms with Gasteiger partial charge in [-0.25, -0.2) is 0 Å². The van der Waals surface area contributed by atoms with Crippen molar-refractivity contribution < 1.29 is 32.9 Å². The highest BCUT2D eigenvalue weighted by atomic mass is 31.2. The van der Waals surface area contributed by atoms with Gasteiger partial charge < -0.3 is 28.8 Å².